The van der Waals surface area contributed by atoms with Crippen LogP contribution in [0.4, 0.5) is 0 Å². The van der Waals surface area contributed by atoms with Crippen molar-refractivity contribution in [2.24, 2.45) is 17.1 Å². The number of hydrogen-bond acceptors (Lipinski definition) is 3. The molecule has 2 aliphatic rings. The predicted molar refractivity (Wildman–Crippen MR) is 73.2 cm³/mol. The minimum absolute atomic E-state index is 0.140. The molecule has 1 atom stereocenters. The van der Waals surface area contributed by atoms with Gasteiger partial charge in [0.05, 0.1) is 5.92 Å². The van der Waals surface area contributed by atoms with Crippen molar-refractivity contribution >= 4 is 23.6 Å². The number of rotatable bonds is 5. The standard InChI is InChI=1S/C13H22N2O2S/c1-18-9-13(4-5-13)7-11(16)15-6-2-3-10(8-15)12(14)17/h10H,2-9H2,1H3,(H2,14,17)/t10-/m0/s1. The highest BCUT2D eigenvalue weighted by atomic mass is 32.2. The number of likely N-dealkylation sites (tertiary alicyclic amines) is 1. The Morgan fingerprint density at radius 2 is 2.17 bits per heavy atom. The lowest BCUT2D eigenvalue weighted by Gasteiger charge is -2.32. The fraction of sp³-hybridized carbons (Fsp3) is 0.846. The molecule has 2 amide bonds. The molecule has 1 heterocycles. The van der Waals surface area contributed by atoms with Crippen LogP contribution in [0.15, 0.2) is 0 Å². The molecular weight excluding hydrogens is 248 g/mol. The van der Waals surface area contributed by atoms with E-state index in [1.165, 1.54) is 12.8 Å². The number of piperidine rings is 1. The van der Waals surface area contributed by atoms with Gasteiger partial charge >= 0.3 is 0 Å². The van der Waals surface area contributed by atoms with Gasteiger partial charge in [-0.1, -0.05) is 0 Å². The average molecular weight is 270 g/mol. The van der Waals surface area contributed by atoms with Crippen LogP contribution in [0.2, 0.25) is 0 Å². The quantitative estimate of drug-likeness (QED) is 0.817. The average Bonchev–Trinajstić information content (AvgIpc) is 3.09. The second-order valence-corrected chi connectivity index (χ2v) is 6.56. The Kier molecular flexibility index (Phi) is 4.20. The summed E-state index contributed by atoms with van der Waals surface area (Å²) in [4.78, 5) is 25.3. The van der Waals surface area contributed by atoms with Gasteiger partial charge in [-0.05, 0) is 43.1 Å². The molecule has 1 aliphatic heterocycles. The van der Waals surface area contributed by atoms with Crippen molar-refractivity contribution in [1.29, 1.82) is 0 Å². The number of carbonyl (C=O) groups excluding carboxylic acids is 2. The Morgan fingerprint density at radius 1 is 1.44 bits per heavy atom. The molecule has 1 saturated carbocycles. The molecule has 0 aromatic rings. The Hall–Kier alpha value is -0.710. The first-order valence-electron chi connectivity index (χ1n) is 6.62. The van der Waals surface area contributed by atoms with Gasteiger partial charge in [0.1, 0.15) is 0 Å². The van der Waals surface area contributed by atoms with Crippen LogP contribution in [-0.4, -0.2) is 41.8 Å². The molecule has 5 heteroatoms. The highest BCUT2D eigenvalue weighted by Gasteiger charge is 2.44. The van der Waals surface area contributed by atoms with E-state index in [0.717, 1.165) is 25.1 Å². The summed E-state index contributed by atoms with van der Waals surface area (Å²) in [5.41, 5.74) is 5.60. The summed E-state index contributed by atoms with van der Waals surface area (Å²) in [6.45, 7) is 1.32. The van der Waals surface area contributed by atoms with Crippen LogP contribution in [0.1, 0.15) is 32.1 Å². The maximum atomic E-state index is 12.3. The molecule has 2 N–H and O–H groups in total. The fourth-order valence-electron chi connectivity index (χ4n) is 2.72. The first-order valence-corrected chi connectivity index (χ1v) is 8.02. The summed E-state index contributed by atoms with van der Waals surface area (Å²) in [7, 11) is 0. The van der Waals surface area contributed by atoms with Crippen molar-refractivity contribution in [3.05, 3.63) is 0 Å². The van der Waals surface area contributed by atoms with E-state index in [0.29, 0.717) is 13.0 Å². The van der Waals surface area contributed by atoms with E-state index in [2.05, 4.69) is 6.26 Å². The molecule has 1 aliphatic carbocycles. The first-order chi connectivity index (χ1) is 8.56. The molecule has 0 aromatic heterocycles. The number of nitrogens with two attached hydrogens (primary N) is 1. The van der Waals surface area contributed by atoms with E-state index in [1.54, 1.807) is 0 Å². The van der Waals surface area contributed by atoms with Gasteiger partial charge in [-0.15, -0.1) is 0 Å². The maximum absolute atomic E-state index is 12.3. The van der Waals surface area contributed by atoms with Crippen LogP contribution >= 0.6 is 11.8 Å². The van der Waals surface area contributed by atoms with Crippen LogP contribution in [0.25, 0.3) is 0 Å². The molecule has 0 spiro atoms. The highest BCUT2D eigenvalue weighted by Crippen LogP contribution is 2.51. The molecule has 1 saturated heterocycles. The molecule has 102 valence electrons. The van der Waals surface area contributed by atoms with Crippen LogP contribution in [-0.2, 0) is 9.59 Å². The second-order valence-electron chi connectivity index (χ2n) is 5.69. The molecule has 18 heavy (non-hydrogen) atoms. The SMILES string of the molecule is CSCC1(CC(=O)N2CCC[C@H](C(N)=O)C2)CC1. The number of hydrogen-bond donors (Lipinski definition) is 1. The van der Waals surface area contributed by atoms with Crippen LogP contribution in [0.3, 0.4) is 0 Å². The largest absolute Gasteiger partial charge is 0.369 e. The molecule has 4 nitrogen and oxygen atoms in total. The molecule has 0 unspecified atom stereocenters. The van der Waals surface area contributed by atoms with E-state index in [1.807, 2.05) is 16.7 Å². The topological polar surface area (TPSA) is 63.4 Å². The monoisotopic (exact) mass is 270 g/mol. The number of nitrogens with zero attached hydrogens (tertiary/aromatic N) is 1. The summed E-state index contributed by atoms with van der Waals surface area (Å²) < 4.78 is 0. The summed E-state index contributed by atoms with van der Waals surface area (Å²) in [6, 6.07) is 0. The molecule has 2 rings (SSSR count). The van der Waals surface area contributed by atoms with Gasteiger partial charge in [0.25, 0.3) is 0 Å². The van der Waals surface area contributed by atoms with Crippen LogP contribution in [0.5, 0.6) is 0 Å². The van der Waals surface area contributed by atoms with Crippen molar-refractivity contribution in [2.45, 2.75) is 32.1 Å². The lowest BCUT2D eigenvalue weighted by molar-refractivity contribution is -0.135. The Balaban J connectivity index is 1.87. The Bertz CT molecular complexity index is 342. The lowest BCUT2D eigenvalue weighted by Crippen LogP contribution is -2.44. The van der Waals surface area contributed by atoms with Gasteiger partial charge in [-0.3, -0.25) is 9.59 Å². The van der Waals surface area contributed by atoms with Gasteiger partial charge in [0, 0.05) is 19.5 Å². The second kappa shape index (κ2) is 5.51. The summed E-state index contributed by atoms with van der Waals surface area (Å²) >= 11 is 1.82. The Morgan fingerprint density at radius 3 is 2.72 bits per heavy atom. The predicted octanol–water partition coefficient (Wildman–Crippen LogP) is 1.24. The molecule has 2 fully saturated rings. The minimum atomic E-state index is -0.266. The maximum Gasteiger partial charge on any atom is 0.223 e. The van der Waals surface area contributed by atoms with E-state index in [4.69, 9.17) is 5.73 Å². The number of amides is 2. The van der Waals surface area contributed by atoms with E-state index < -0.39 is 0 Å². The van der Waals surface area contributed by atoms with Gasteiger partial charge < -0.3 is 10.6 Å². The summed E-state index contributed by atoms with van der Waals surface area (Å²) in [5, 5.41) is 0. The lowest BCUT2D eigenvalue weighted by atomic mass is 9.96. The van der Waals surface area contributed by atoms with Crippen molar-refractivity contribution in [1.82, 2.24) is 4.90 Å². The van der Waals surface area contributed by atoms with Gasteiger partial charge in [-0.25, -0.2) is 0 Å². The third-order valence-corrected chi connectivity index (χ3v) is 5.01. The van der Waals surface area contributed by atoms with Gasteiger partial charge in [0.15, 0.2) is 0 Å². The van der Waals surface area contributed by atoms with Crippen molar-refractivity contribution in [2.75, 3.05) is 25.1 Å². The normalized spacial score (nSPS) is 25.8. The number of primary amides is 1. The fourth-order valence-corrected chi connectivity index (χ4v) is 3.73. The zero-order valence-corrected chi connectivity index (χ0v) is 11.8. The van der Waals surface area contributed by atoms with Gasteiger partial charge in [0.2, 0.25) is 11.8 Å². The third-order valence-electron chi connectivity index (χ3n) is 4.11. The molecule has 0 radical (unpaired) electrons. The smallest absolute Gasteiger partial charge is 0.223 e. The zero-order chi connectivity index (χ0) is 13.2. The number of carbonyl (C=O) groups is 2. The van der Waals surface area contributed by atoms with Crippen molar-refractivity contribution in [3.8, 4) is 0 Å². The van der Waals surface area contributed by atoms with E-state index in [-0.39, 0.29) is 23.1 Å². The molecule has 0 aromatic carbocycles. The molecular formula is C13H22N2O2S. The third kappa shape index (κ3) is 3.19. The van der Waals surface area contributed by atoms with Crippen molar-refractivity contribution < 1.29 is 9.59 Å². The van der Waals surface area contributed by atoms with E-state index in [9.17, 15) is 9.59 Å². The van der Waals surface area contributed by atoms with E-state index >= 15 is 0 Å². The van der Waals surface area contributed by atoms with Crippen LogP contribution in [0, 0.1) is 11.3 Å². The Labute approximate surface area is 113 Å². The zero-order valence-electron chi connectivity index (χ0n) is 11.0. The molecule has 0 bridgehead atoms. The van der Waals surface area contributed by atoms with Crippen LogP contribution < -0.4 is 5.73 Å². The number of thioether (sulfide) groups is 1. The first kappa shape index (κ1) is 13.7. The van der Waals surface area contributed by atoms with Gasteiger partial charge in [-0.2, -0.15) is 11.8 Å². The summed E-state index contributed by atoms with van der Waals surface area (Å²) in [6.07, 6.45) is 6.82. The van der Waals surface area contributed by atoms with Crippen molar-refractivity contribution in [3.63, 3.8) is 0 Å². The minimum Gasteiger partial charge on any atom is -0.369 e. The highest BCUT2D eigenvalue weighted by molar-refractivity contribution is 7.98. The summed E-state index contributed by atoms with van der Waals surface area (Å²) in [5.74, 6) is 0.884.